The molecule has 0 aromatic carbocycles. The molecule has 1 aliphatic carbocycles. The third-order valence-electron chi connectivity index (χ3n) is 3.46. The Hall–Kier alpha value is -0.590. The summed E-state index contributed by atoms with van der Waals surface area (Å²) in [6.45, 7) is 7.37. The van der Waals surface area contributed by atoms with Crippen molar-refractivity contribution in [1.29, 1.82) is 5.26 Å². The maximum atomic E-state index is 9.22. The van der Waals surface area contributed by atoms with Gasteiger partial charge in [-0.3, -0.25) is 5.32 Å². The van der Waals surface area contributed by atoms with E-state index in [0.717, 1.165) is 18.9 Å². The molecule has 1 atom stereocenters. The fourth-order valence-electron chi connectivity index (χ4n) is 2.34. The van der Waals surface area contributed by atoms with E-state index in [4.69, 9.17) is 0 Å². The molecule has 1 saturated carbocycles. The van der Waals surface area contributed by atoms with Crippen LogP contribution in [0.1, 0.15) is 52.9 Å². The maximum absolute atomic E-state index is 9.22. The van der Waals surface area contributed by atoms with Crippen LogP contribution < -0.4 is 5.32 Å². The quantitative estimate of drug-likeness (QED) is 0.659. The summed E-state index contributed by atoms with van der Waals surface area (Å²) in [5.74, 6) is 0. The summed E-state index contributed by atoms with van der Waals surface area (Å²) >= 11 is 0. The Labute approximate surface area is 106 Å². The van der Waals surface area contributed by atoms with Gasteiger partial charge in [0, 0.05) is 12.1 Å². The Bertz CT molecular complexity index is 265. The Morgan fingerprint density at radius 2 is 2.06 bits per heavy atom. The van der Waals surface area contributed by atoms with Crippen LogP contribution in [-0.2, 0) is 0 Å². The monoisotopic (exact) mass is 237 g/mol. The lowest BCUT2D eigenvalue weighted by molar-refractivity contribution is 0.302. The largest absolute Gasteiger partial charge is 0.303 e. The van der Waals surface area contributed by atoms with Crippen LogP contribution in [0, 0.1) is 11.3 Å². The minimum Gasteiger partial charge on any atom is -0.303 e. The molecule has 0 radical (unpaired) electrons. The van der Waals surface area contributed by atoms with Gasteiger partial charge in [0.2, 0.25) is 0 Å². The highest BCUT2D eigenvalue weighted by Gasteiger charge is 2.26. The van der Waals surface area contributed by atoms with Crippen LogP contribution in [0.2, 0.25) is 0 Å². The molecule has 0 heterocycles. The van der Waals surface area contributed by atoms with Gasteiger partial charge < -0.3 is 4.90 Å². The van der Waals surface area contributed by atoms with Crippen molar-refractivity contribution in [2.24, 2.45) is 0 Å². The van der Waals surface area contributed by atoms with Gasteiger partial charge in [-0.2, -0.15) is 5.26 Å². The highest BCUT2D eigenvalue weighted by molar-refractivity contribution is 5.04. The average molecular weight is 237 g/mol. The van der Waals surface area contributed by atoms with Crippen molar-refractivity contribution in [2.45, 2.75) is 70.5 Å². The number of rotatable bonds is 8. The van der Waals surface area contributed by atoms with Crippen LogP contribution in [0.15, 0.2) is 0 Å². The van der Waals surface area contributed by atoms with E-state index in [1.54, 1.807) is 0 Å². The molecule has 0 bridgehead atoms. The zero-order valence-corrected chi connectivity index (χ0v) is 11.8. The van der Waals surface area contributed by atoms with E-state index >= 15 is 0 Å². The summed E-state index contributed by atoms with van der Waals surface area (Å²) in [6, 6.07) is 3.63. The summed E-state index contributed by atoms with van der Waals surface area (Å²) in [5.41, 5.74) is -0.355. The van der Waals surface area contributed by atoms with E-state index in [2.05, 4.69) is 37.2 Å². The lowest BCUT2D eigenvalue weighted by Crippen LogP contribution is -2.44. The van der Waals surface area contributed by atoms with Crippen molar-refractivity contribution in [2.75, 3.05) is 13.6 Å². The fourth-order valence-corrected chi connectivity index (χ4v) is 2.34. The van der Waals surface area contributed by atoms with Crippen LogP contribution in [0.5, 0.6) is 0 Å². The topological polar surface area (TPSA) is 39.1 Å². The zero-order chi connectivity index (χ0) is 12.9. The van der Waals surface area contributed by atoms with Gasteiger partial charge in [0.1, 0.15) is 5.54 Å². The van der Waals surface area contributed by atoms with Crippen molar-refractivity contribution in [3.05, 3.63) is 0 Å². The van der Waals surface area contributed by atoms with Gasteiger partial charge in [0.05, 0.1) is 6.07 Å². The summed E-state index contributed by atoms with van der Waals surface area (Å²) in [6.07, 6.45) is 6.02. The molecule has 1 aliphatic rings. The molecule has 3 heteroatoms. The predicted octanol–water partition coefficient (Wildman–Crippen LogP) is 2.53. The first kappa shape index (κ1) is 14.5. The van der Waals surface area contributed by atoms with Crippen molar-refractivity contribution in [3.8, 4) is 6.07 Å². The fraction of sp³-hybridized carbons (Fsp3) is 0.929. The van der Waals surface area contributed by atoms with E-state index in [-0.39, 0.29) is 5.54 Å². The molecule has 0 aliphatic heterocycles. The maximum Gasteiger partial charge on any atom is 0.104 e. The highest BCUT2D eigenvalue weighted by atomic mass is 15.1. The van der Waals surface area contributed by atoms with Crippen LogP contribution >= 0.6 is 0 Å². The van der Waals surface area contributed by atoms with Gasteiger partial charge in [0.15, 0.2) is 0 Å². The molecule has 0 saturated heterocycles. The smallest absolute Gasteiger partial charge is 0.104 e. The molecule has 0 aromatic heterocycles. The van der Waals surface area contributed by atoms with Gasteiger partial charge >= 0.3 is 0 Å². The second-order valence-corrected chi connectivity index (χ2v) is 5.91. The lowest BCUT2D eigenvalue weighted by Gasteiger charge is -2.26. The molecule has 98 valence electrons. The van der Waals surface area contributed by atoms with Crippen molar-refractivity contribution < 1.29 is 0 Å². The molecule has 17 heavy (non-hydrogen) atoms. The first-order valence-corrected chi connectivity index (χ1v) is 6.86. The summed E-state index contributed by atoms with van der Waals surface area (Å²) in [4.78, 5) is 2.46. The average Bonchev–Trinajstić information content (AvgIpc) is 3.07. The minimum atomic E-state index is -0.355. The third kappa shape index (κ3) is 5.52. The van der Waals surface area contributed by atoms with Gasteiger partial charge in [-0.15, -0.1) is 0 Å². The third-order valence-corrected chi connectivity index (χ3v) is 3.46. The van der Waals surface area contributed by atoms with Crippen LogP contribution in [0.25, 0.3) is 0 Å². The van der Waals surface area contributed by atoms with Crippen LogP contribution in [-0.4, -0.2) is 36.1 Å². The van der Waals surface area contributed by atoms with Crippen molar-refractivity contribution in [1.82, 2.24) is 10.2 Å². The normalized spacial score (nSPS) is 19.4. The number of hydrogen-bond donors (Lipinski definition) is 1. The van der Waals surface area contributed by atoms with E-state index in [1.807, 2.05) is 6.92 Å². The number of hydrogen-bond acceptors (Lipinski definition) is 3. The Morgan fingerprint density at radius 1 is 1.41 bits per heavy atom. The molecule has 0 amide bonds. The standard InChI is InChI=1S/C14H27N3/c1-12(2)16-14(3,11-15)9-5-6-10-17(4)13-7-8-13/h12-13,16H,5-10H2,1-4H3. The summed E-state index contributed by atoms with van der Waals surface area (Å²) in [5, 5.41) is 12.6. The zero-order valence-electron chi connectivity index (χ0n) is 11.8. The first-order valence-electron chi connectivity index (χ1n) is 6.86. The SMILES string of the molecule is CC(C)NC(C)(C#N)CCCCN(C)C1CC1. The summed E-state index contributed by atoms with van der Waals surface area (Å²) < 4.78 is 0. The molecule has 0 aromatic rings. The molecule has 0 spiro atoms. The van der Waals surface area contributed by atoms with E-state index in [9.17, 15) is 5.26 Å². The predicted molar refractivity (Wildman–Crippen MR) is 71.8 cm³/mol. The Balaban J connectivity index is 2.16. The van der Waals surface area contributed by atoms with E-state index in [1.165, 1.54) is 25.8 Å². The lowest BCUT2D eigenvalue weighted by atomic mass is 9.95. The second-order valence-electron chi connectivity index (χ2n) is 5.91. The molecule has 1 unspecified atom stereocenters. The van der Waals surface area contributed by atoms with Gasteiger partial charge in [-0.25, -0.2) is 0 Å². The number of unbranched alkanes of at least 4 members (excludes halogenated alkanes) is 1. The van der Waals surface area contributed by atoms with E-state index < -0.39 is 0 Å². The molecule has 1 N–H and O–H groups in total. The van der Waals surface area contributed by atoms with Gasteiger partial charge in [-0.05, 0) is 66.5 Å². The minimum absolute atomic E-state index is 0.355. The number of nitriles is 1. The number of nitrogens with one attached hydrogen (secondary N) is 1. The Morgan fingerprint density at radius 3 is 2.53 bits per heavy atom. The highest BCUT2D eigenvalue weighted by Crippen LogP contribution is 2.25. The van der Waals surface area contributed by atoms with Crippen LogP contribution in [0.3, 0.4) is 0 Å². The summed E-state index contributed by atoms with van der Waals surface area (Å²) in [7, 11) is 2.22. The molecule has 1 fully saturated rings. The Kier molecular flexibility index (Phi) is 5.42. The van der Waals surface area contributed by atoms with Crippen molar-refractivity contribution >= 4 is 0 Å². The first-order chi connectivity index (χ1) is 7.97. The van der Waals surface area contributed by atoms with Gasteiger partial charge in [0.25, 0.3) is 0 Å². The number of nitrogens with zero attached hydrogens (tertiary/aromatic N) is 2. The molecular weight excluding hydrogens is 210 g/mol. The van der Waals surface area contributed by atoms with Gasteiger partial charge in [-0.1, -0.05) is 0 Å². The molecule has 1 rings (SSSR count). The van der Waals surface area contributed by atoms with Crippen molar-refractivity contribution in [3.63, 3.8) is 0 Å². The second kappa shape index (κ2) is 6.37. The van der Waals surface area contributed by atoms with Crippen LogP contribution in [0.4, 0.5) is 0 Å². The van der Waals surface area contributed by atoms with E-state index in [0.29, 0.717) is 6.04 Å². The molecule has 3 nitrogen and oxygen atoms in total. The molecular formula is C14H27N3.